The minimum atomic E-state index is -0.370. The molecule has 0 aromatic heterocycles. The number of amides is 1. The van der Waals surface area contributed by atoms with Gasteiger partial charge in [-0.25, -0.2) is 4.39 Å². The topological polar surface area (TPSA) is 20.3 Å². The van der Waals surface area contributed by atoms with Gasteiger partial charge in [-0.05, 0) is 47.5 Å². The second-order valence-corrected chi connectivity index (χ2v) is 5.52. The number of halogens is 3. The molecule has 0 radical (unpaired) electrons. The van der Waals surface area contributed by atoms with Crippen molar-refractivity contribution in [3.63, 3.8) is 0 Å². The van der Waals surface area contributed by atoms with Crippen molar-refractivity contribution in [1.82, 2.24) is 4.90 Å². The summed E-state index contributed by atoms with van der Waals surface area (Å²) < 4.78 is 13.4. The largest absolute Gasteiger partial charge is 0.342 e. The van der Waals surface area contributed by atoms with Crippen molar-refractivity contribution in [2.45, 2.75) is 18.7 Å². The molecule has 0 saturated heterocycles. The van der Waals surface area contributed by atoms with E-state index in [1.807, 2.05) is 6.92 Å². The molecule has 1 amide bonds. The van der Waals surface area contributed by atoms with Gasteiger partial charge in [-0.1, -0.05) is 0 Å². The first kappa shape index (κ1) is 14.5. The Morgan fingerprint density at radius 3 is 2.76 bits per heavy atom. The fourth-order valence-corrected chi connectivity index (χ4v) is 1.96. The lowest BCUT2D eigenvalue weighted by molar-refractivity contribution is 0.0792. The van der Waals surface area contributed by atoms with Crippen LogP contribution >= 0.6 is 27.5 Å². The summed E-state index contributed by atoms with van der Waals surface area (Å²) in [5.41, 5.74) is 0.455. The molecule has 0 saturated carbocycles. The molecule has 1 unspecified atom stereocenters. The number of alkyl halides is 1. The normalized spacial score (nSPS) is 12.3. The third-order valence-electron chi connectivity index (χ3n) is 2.37. The molecule has 0 heterocycles. The van der Waals surface area contributed by atoms with Gasteiger partial charge >= 0.3 is 0 Å². The average molecular weight is 323 g/mol. The Hall–Kier alpha value is -0.610. The minimum absolute atomic E-state index is 0.0295. The first-order chi connectivity index (χ1) is 7.91. The van der Waals surface area contributed by atoms with Crippen LogP contribution in [0, 0.1) is 5.82 Å². The number of rotatable bonds is 4. The third kappa shape index (κ3) is 4.28. The predicted octanol–water partition coefficient (Wildman–Crippen LogP) is 3.68. The van der Waals surface area contributed by atoms with Crippen molar-refractivity contribution in [3.8, 4) is 0 Å². The summed E-state index contributed by atoms with van der Waals surface area (Å²) in [4.78, 5) is 13.6. The van der Waals surface area contributed by atoms with Gasteiger partial charge < -0.3 is 4.90 Å². The summed E-state index contributed by atoms with van der Waals surface area (Å²) >= 11 is 9.01. The summed E-state index contributed by atoms with van der Waals surface area (Å²) in [5.74, 6) is -0.514. The van der Waals surface area contributed by atoms with E-state index in [4.69, 9.17) is 11.6 Å². The van der Waals surface area contributed by atoms with E-state index in [0.29, 0.717) is 16.6 Å². The Labute approximate surface area is 114 Å². The first-order valence-electron chi connectivity index (χ1n) is 5.26. The number of carbonyl (C=O) groups is 1. The number of hydrogen-bond acceptors (Lipinski definition) is 1. The molecule has 0 fully saturated rings. The van der Waals surface area contributed by atoms with E-state index in [1.54, 1.807) is 11.9 Å². The van der Waals surface area contributed by atoms with Gasteiger partial charge in [0.2, 0.25) is 0 Å². The maximum Gasteiger partial charge on any atom is 0.254 e. The Morgan fingerprint density at radius 1 is 1.59 bits per heavy atom. The molecule has 1 aromatic rings. The zero-order valence-corrected chi connectivity index (χ0v) is 12.1. The van der Waals surface area contributed by atoms with Crippen LogP contribution < -0.4 is 0 Å². The lowest BCUT2D eigenvalue weighted by atomic mass is 10.2. The van der Waals surface area contributed by atoms with Gasteiger partial charge in [-0.15, -0.1) is 11.6 Å². The van der Waals surface area contributed by atoms with Crippen molar-refractivity contribution in [2.75, 3.05) is 13.6 Å². The molecule has 0 bridgehead atoms. The number of hydrogen-bond donors (Lipinski definition) is 0. The Balaban J connectivity index is 2.75. The van der Waals surface area contributed by atoms with Crippen LogP contribution in [0.1, 0.15) is 23.7 Å². The van der Waals surface area contributed by atoms with Crippen LogP contribution in [0.5, 0.6) is 0 Å². The monoisotopic (exact) mass is 321 g/mol. The summed E-state index contributed by atoms with van der Waals surface area (Å²) in [6.45, 7) is 2.46. The van der Waals surface area contributed by atoms with E-state index >= 15 is 0 Å². The Kier molecular flexibility index (Phi) is 5.40. The summed E-state index contributed by atoms with van der Waals surface area (Å²) in [6, 6.07) is 4.03. The zero-order chi connectivity index (χ0) is 13.0. The molecule has 0 N–H and O–H groups in total. The van der Waals surface area contributed by atoms with Gasteiger partial charge in [0, 0.05) is 23.4 Å². The molecule has 94 valence electrons. The highest BCUT2D eigenvalue weighted by Crippen LogP contribution is 2.19. The van der Waals surface area contributed by atoms with Gasteiger partial charge in [-0.2, -0.15) is 0 Å². The van der Waals surface area contributed by atoms with Crippen LogP contribution in [-0.2, 0) is 0 Å². The molecule has 0 aliphatic heterocycles. The fourth-order valence-electron chi connectivity index (χ4n) is 1.34. The minimum Gasteiger partial charge on any atom is -0.342 e. The number of nitrogens with zero attached hydrogens (tertiary/aromatic N) is 1. The predicted molar refractivity (Wildman–Crippen MR) is 71.0 cm³/mol. The fraction of sp³-hybridized carbons (Fsp3) is 0.417. The maximum atomic E-state index is 12.9. The van der Waals surface area contributed by atoms with Crippen LogP contribution in [-0.4, -0.2) is 29.8 Å². The average Bonchev–Trinajstić information content (AvgIpc) is 2.25. The van der Waals surface area contributed by atoms with E-state index in [9.17, 15) is 9.18 Å². The van der Waals surface area contributed by atoms with Gasteiger partial charge in [-0.3, -0.25) is 4.79 Å². The molecule has 5 heteroatoms. The van der Waals surface area contributed by atoms with Crippen molar-refractivity contribution >= 4 is 33.4 Å². The molecule has 1 rings (SSSR count). The van der Waals surface area contributed by atoms with E-state index < -0.39 is 0 Å². The van der Waals surface area contributed by atoms with Crippen LogP contribution in [0.4, 0.5) is 4.39 Å². The second-order valence-electron chi connectivity index (χ2n) is 3.92. The third-order valence-corrected chi connectivity index (χ3v) is 3.24. The van der Waals surface area contributed by atoms with Crippen LogP contribution in [0.3, 0.4) is 0 Å². The van der Waals surface area contributed by atoms with Gasteiger partial charge in [0.25, 0.3) is 5.91 Å². The van der Waals surface area contributed by atoms with Crippen molar-refractivity contribution in [2.24, 2.45) is 0 Å². The highest BCUT2D eigenvalue weighted by molar-refractivity contribution is 9.10. The van der Waals surface area contributed by atoms with Crippen LogP contribution in [0.15, 0.2) is 22.7 Å². The standard InChI is InChI=1S/C12H14BrClFNO/c1-8(14)5-6-16(2)12(17)10-4-3-9(15)7-11(10)13/h3-4,7-8H,5-6H2,1-2H3. The lowest BCUT2D eigenvalue weighted by Gasteiger charge is -2.18. The molecule has 0 spiro atoms. The smallest absolute Gasteiger partial charge is 0.254 e. The summed E-state index contributed by atoms with van der Waals surface area (Å²) in [7, 11) is 1.71. The van der Waals surface area contributed by atoms with Crippen LogP contribution in [0.25, 0.3) is 0 Å². The second kappa shape index (κ2) is 6.36. The number of benzene rings is 1. The molecule has 1 aromatic carbocycles. The molecule has 1 atom stereocenters. The molecule has 2 nitrogen and oxygen atoms in total. The van der Waals surface area contributed by atoms with E-state index in [0.717, 1.165) is 6.42 Å². The Bertz CT molecular complexity index is 411. The van der Waals surface area contributed by atoms with Gasteiger partial charge in [0.15, 0.2) is 0 Å². The van der Waals surface area contributed by atoms with E-state index in [2.05, 4.69) is 15.9 Å². The SMILES string of the molecule is CC(Cl)CCN(C)C(=O)c1ccc(F)cc1Br. The van der Waals surface area contributed by atoms with E-state index in [-0.39, 0.29) is 17.1 Å². The van der Waals surface area contributed by atoms with Gasteiger partial charge in [0.05, 0.1) is 5.56 Å². The summed E-state index contributed by atoms with van der Waals surface area (Å²) in [6.07, 6.45) is 0.725. The molecule has 17 heavy (non-hydrogen) atoms. The highest BCUT2D eigenvalue weighted by atomic mass is 79.9. The van der Waals surface area contributed by atoms with Crippen molar-refractivity contribution in [3.05, 3.63) is 34.1 Å². The van der Waals surface area contributed by atoms with Gasteiger partial charge in [0.1, 0.15) is 5.82 Å². The molecular formula is C12H14BrClFNO. The summed E-state index contributed by atoms with van der Waals surface area (Å²) in [5, 5.41) is 0.0295. The van der Waals surface area contributed by atoms with E-state index in [1.165, 1.54) is 18.2 Å². The van der Waals surface area contributed by atoms with Crippen molar-refractivity contribution < 1.29 is 9.18 Å². The molecular weight excluding hydrogens is 308 g/mol. The first-order valence-corrected chi connectivity index (χ1v) is 6.49. The quantitative estimate of drug-likeness (QED) is 0.774. The molecule has 0 aliphatic rings. The highest BCUT2D eigenvalue weighted by Gasteiger charge is 2.15. The Morgan fingerprint density at radius 2 is 2.24 bits per heavy atom. The van der Waals surface area contributed by atoms with Crippen molar-refractivity contribution in [1.29, 1.82) is 0 Å². The number of carbonyl (C=O) groups excluding carboxylic acids is 1. The lowest BCUT2D eigenvalue weighted by Crippen LogP contribution is -2.29. The zero-order valence-electron chi connectivity index (χ0n) is 9.71. The molecule has 0 aliphatic carbocycles. The maximum absolute atomic E-state index is 12.9. The van der Waals surface area contributed by atoms with Crippen LogP contribution in [0.2, 0.25) is 0 Å².